The molecule has 0 fully saturated rings. The van der Waals surface area contributed by atoms with Crippen LogP contribution in [0.15, 0.2) is 35.5 Å². The van der Waals surface area contributed by atoms with Gasteiger partial charge < -0.3 is 4.90 Å². The smallest absolute Gasteiger partial charge is 0.233 e. The van der Waals surface area contributed by atoms with Gasteiger partial charge in [-0.25, -0.2) is 4.98 Å². The Balaban J connectivity index is 1.78. The van der Waals surface area contributed by atoms with Crippen molar-refractivity contribution in [2.75, 3.05) is 18.8 Å². The van der Waals surface area contributed by atoms with Crippen LogP contribution in [0.3, 0.4) is 0 Å². The molecule has 0 bridgehead atoms. The summed E-state index contributed by atoms with van der Waals surface area (Å²) in [4.78, 5) is 19.1. The van der Waals surface area contributed by atoms with E-state index in [4.69, 9.17) is 15.5 Å². The summed E-state index contributed by atoms with van der Waals surface area (Å²) in [6, 6.07) is 14.3. The number of thioether (sulfide) groups is 1. The average Bonchev–Trinajstić information content (AvgIpc) is 3.11. The molecule has 0 saturated carbocycles. The Kier molecular flexibility index (Phi) is 7.11. The maximum absolute atomic E-state index is 12.7. The molecule has 0 aliphatic heterocycles. The van der Waals surface area contributed by atoms with Crippen molar-refractivity contribution in [3.05, 3.63) is 41.7 Å². The van der Waals surface area contributed by atoms with Crippen LogP contribution in [0.5, 0.6) is 0 Å². The van der Waals surface area contributed by atoms with Crippen molar-refractivity contribution in [1.82, 2.24) is 14.5 Å². The van der Waals surface area contributed by atoms with Crippen molar-refractivity contribution < 1.29 is 4.79 Å². The van der Waals surface area contributed by atoms with Gasteiger partial charge in [-0.1, -0.05) is 30.0 Å². The Morgan fingerprint density at radius 2 is 1.79 bits per heavy atom. The molecule has 1 aromatic carbocycles. The Bertz CT molecular complexity index is 876. The monoisotopic (exact) mass is 393 g/mol. The summed E-state index contributed by atoms with van der Waals surface area (Å²) in [5, 5.41) is 18.5. The van der Waals surface area contributed by atoms with Crippen molar-refractivity contribution in [3.8, 4) is 17.8 Å². The first-order valence-electron chi connectivity index (χ1n) is 9.55. The molecule has 0 radical (unpaired) electrons. The van der Waals surface area contributed by atoms with E-state index in [9.17, 15) is 4.79 Å². The van der Waals surface area contributed by atoms with E-state index >= 15 is 0 Å². The minimum Gasteiger partial charge on any atom is -0.340 e. The van der Waals surface area contributed by atoms with E-state index in [1.54, 1.807) is 4.90 Å². The summed E-state index contributed by atoms with van der Waals surface area (Å²) in [5.41, 5.74) is 3.45. The van der Waals surface area contributed by atoms with Crippen LogP contribution in [0.1, 0.15) is 37.1 Å². The number of aryl methyl sites for hydroxylation is 1. The largest absolute Gasteiger partial charge is 0.340 e. The summed E-state index contributed by atoms with van der Waals surface area (Å²) in [6.07, 6.45) is 4.83. The highest BCUT2D eigenvalue weighted by Crippen LogP contribution is 2.30. The Hall–Kier alpha value is -2.77. The standard InChI is InChI=1S/C21H23N5OS/c22-12-6-14-25(15-7-13-23)20(27)16-28-21-24-18-10-4-5-11-19(18)26(21)17-8-2-1-3-9-17/h1-3,8-9H,4-7,10-11,14-16H2. The predicted molar refractivity (Wildman–Crippen MR) is 108 cm³/mol. The third-order valence-electron chi connectivity index (χ3n) is 4.78. The van der Waals surface area contributed by atoms with Crippen LogP contribution >= 0.6 is 11.8 Å². The SMILES string of the molecule is N#CCCN(CCC#N)C(=O)CSc1nc2c(n1-c1ccccc1)CCCC2. The third-order valence-corrected chi connectivity index (χ3v) is 5.70. The van der Waals surface area contributed by atoms with E-state index in [1.165, 1.54) is 17.5 Å². The fraction of sp³-hybridized carbons (Fsp3) is 0.429. The van der Waals surface area contributed by atoms with Gasteiger partial charge in [0, 0.05) is 24.5 Å². The van der Waals surface area contributed by atoms with Crippen LogP contribution in [0, 0.1) is 22.7 Å². The summed E-state index contributed by atoms with van der Waals surface area (Å²) in [5.74, 6) is 0.190. The molecular formula is C21H23N5OS. The lowest BCUT2D eigenvalue weighted by Gasteiger charge is -2.20. The van der Waals surface area contributed by atoms with Crippen LogP contribution in [-0.4, -0.2) is 39.2 Å². The van der Waals surface area contributed by atoms with Gasteiger partial charge in [-0.2, -0.15) is 10.5 Å². The van der Waals surface area contributed by atoms with Crippen molar-refractivity contribution in [2.45, 2.75) is 43.7 Å². The highest BCUT2D eigenvalue weighted by molar-refractivity contribution is 7.99. The molecular weight excluding hydrogens is 370 g/mol. The molecule has 1 aliphatic carbocycles. The lowest BCUT2D eigenvalue weighted by molar-refractivity contribution is -0.128. The molecule has 6 nitrogen and oxygen atoms in total. The first-order chi connectivity index (χ1) is 13.7. The maximum atomic E-state index is 12.7. The highest BCUT2D eigenvalue weighted by atomic mass is 32.2. The van der Waals surface area contributed by atoms with Crippen molar-refractivity contribution in [2.24, 2.45) is 0 Å². The van der Waals surface area contributed by atoms with Crippen LogP contribution in [-0.2, 0) is 17.6 Å². The molecule has 0 N–H and O–H groups in total. The van der Waals surface area contributed by atoms with E-state index in [2.05, 4.69) is 28.8 Å². The number of fused-ring (bicyclic) bond motifs is 1. The van der Waals surface area contributed by atoms with Crippen molar-refractivity contribution in [3.63, 3.8) is 0 Å². The number of imidazole rings is 1. The van der Waals surface area contributed by atoms with Crippen molar-refractivity contribution in [1.29, 1.82) is 10.5 Å². The van der Waals surface area contributed by atoms with Gasteiger partial charge in [0.2, 0.25) is 5.91 Å². The number of carbonyl (C=O) groups is 1. The molecule has 0 spiro atoms. The third kappa shape index (κ3) is 4.74. The second-order valence-electron chi connectivity index (χ2n) is 6.65. The second kappa shape index (κ2) is 9.96. The zero-order valence-electron chi connectivity index (χ0n) is 15.8. The van der Waals surface area contributed by atoms with Gasteiger partial charge in [0.1, 0.15) is 0 Å². The lowest BCUT2D eigenvalue weighted by atomic mass is 10.0. The van der Waals surface area contributed by atoms with E-state index in [-0.39, 0.29) is 24.5 Å². The van der Waals surface area contributed by atoms with Gasteiger partial charge >= 0.3 is 0 Å². The van der Waals surface area contributed by atoms with Crippen molar-refractivity contribution >= 4 is 17.7 Å². The molecule has 1 aromatic heterocycles. The van der Waals surface area contributed by atoms with Gasteiger partial charge in [0.05, 0.1) is 36.4 Å². The molecule has 1 heterocycles. The molecule has 0 unspecified atom stereocenters. The summed E-state index contributed by atoms with van der Waals surface area (Å²) in [6.45, 7) is 0.725. The number of hydrogen-bond acceptors (Lipinski definition) is 5. The van der Waals surface area contributed by atoms with Crippen LogP contribution < -0.4 is 0 Å². The van der Waals surface area contributed by atoms with E-state index in [1.807, 2.05) is 18.2 Å². The van der Waals surface area contributed by atoms with Gasteiger partial charge in [-0.05, 0) is 37.8 Å². The molecule has 0 atom stereocenters. The van der Waals surface area contributed by atoms with Gasteiger partial charge in [-0.3, -0.25) is 9.36 Å². The normalized spacial score (nSPS) is 12.6. The molecule has 0 saturated heterocycles. The summed E-state index contributed by atoms with van der Waals surface area (Å²) < 4.78 is 2.18. The van der Waals surface area contributed by atoms with Gasteiger partial charge in [0.25, 0.3) is 0 Å². The maximum Gasteiger partial charge on any atom is 0.233 e. The molecule has 3 rings (SSSR count). The number of hydrogen-bond donors (Lipinski definition) is 0. The second-order valence-corrected chi connectivity index (χ2v) is 7.59. The minimum atomic E-state index is -0.0592. The predicted octanol–water partition coefficient (Wildman–Crippen LogP) is 3.50. The first kappa shape index (κ1) is 20.0. The number of nitriles is 2. The highest BCUT2D eigenvalue weighted by Gasteiger charge is 2.22. The molecule has 2 aromatic rings. The number of nitrogens with zero attached hydrogens (tertiary/aromatic N) is 5. The molecule has 144 valence electrons. The quantitative estimate of drug-likeness (QED) is 0.641. The topological polar surface area (TPSA) is 85.7 Å². The number of carbonyl (C=O) groups excluding carboxylic acids is 1. The first-order valence-corrected chi connectivity index (χ1v) is 10.5. The lowest BCUT2D eigenvalue weighted by Crippen LogP contribution is -2.34. The summed E-state index contributed by atoms with van der Waals surface area (Å²) in [7, 11) is 0. The van der Waals surface area contributed by atoms with E-state index in [0.717, 1.165) is 42.2 Å². The van der Waals surface area contributed by atoms with Crippen LogP contribution in [0.4, 0.5) is 0 Å². The number of rotatable bonds is 8. The molecule has 7 heteroatoms. The minimum absolute atomic E-state index is 0.0592. The van der Waals surface area contributed by atoms with Crippen LogP contribution in [0.2, 0.25) is 0 Å². The van der Waals surface area contributed by atoms with E-state index in [0.29, 0.717) is 13.1 Å². The Morgan fingerprint density at radius 3 is 2.46 bits per heavy atom. The van der Waals surface area contributed by atoms with E-state index < -0.39 is 0 Å². The number of amides is 1. The average molecular weight is 394 g/mol. The number of aromatic nitrogens is 2. The number of benzene rings is 1. The molecule has 28 heavy (non-hydrogen) atoms. The Morgan fingerprint density at radius 1 is 1.11 bits per heavy atom. The number of para-hydroxylation sites is 1. The zero-order chi connectivity index (χ0) is 19.8. The zero-order valence-corrected chi connectivity index (χ0v) is 16.6. The van der Waals surface area contributed by atoms with Gasteiger partial charge in [0.15, 0.2) is 5.16 Å². The molecule has 1 aliphatic rings. The fourth-order valence-electron chi connectivity index (χ4n) is 3.40. The summed E-state index contributed by atoms with van der Waals surface area (Å²) >= 11 is 1.43. The molecule has 1 amide bonds. The van der Waals surface area contributed by atoms with Gasteiger partial charge in [-0.15, -0.1) is 0 Å². The Labute approximate surface area is 169 Å². The van der Waals surface area contributed by atoms with Crippen LogP contribution in [0.25, 0.3) is 5.69 Å². The fourth-order valence-corrected chi connectivity index (χ4v) is 4.36.